The van der Waals surface area contributed by atoms with Gasteiger partial charge in [0, 0.05) is 0 Å². The fourth-order valence-corrected chi connectivity index (χ4v) is 2.31. The van der Waals surface area contributed by atoms with Gasteiger partial charge in [0.15, 0.2) is 17.0 Å². The first-order valence-corrected chi connectivity index (χ1v) is 6.22. The summed E-state index contributed by atoms with van der Waals surface area (Å²) >= 11 is 0. The van der Waals surface area contributed by atoms with E-state index in [2.05, 4.69) is 20.4 Å². The lowest BCUT2D eigenvalue weighted by Crippen LogP contribution is -2.04. The first kappa shape index (κ1) is 13.9. The predicted molar refractivity (Wildman–Crippen MR) is 77.9 cm³/mol. The van der Waals surface area contributed by atoms with Gasteiger partial charge in [-0.25, -0.2) is 0 Å². The molecule has 2 heterocycles. The summed E-state index contributed by atoms with van der Waals surface area (Å²) in [7, 11) is 4.27. The summed E-state index contributed by atoms with van der Waals surface area (Å²) in [6.45, 7) is 0. The summed E-state index contributed by atoms with van der Waals surface area (Å²) in [5.41, 5.74) is -0.901. The molecule has 1 aromatic carbocycles. The molecule has 0 spiro atoms. The zero-order chi connectivity index (χ0) is 15.9. The summed E-state index contributed by atoms with van der Waals surface area (Å²) in [5.74, 6) is 0.766. The Kier molecular flexibility index (Phi) is 3.17. The number of ether oxygens (including phenoxy) is 3. The van der Waals surface area contributed by atoms with Gasteiger partial charge in [0.2, 0.25) is 11.2 Å². The summed E-state index contributed by atoms with van der Waals surface area (Å²) < 4.78 is 15.8. The lowest BCUT2D eigenvalue weighted by Gasteiger charge is -2.13. The maximum Gasteiger partial charge on any atom is 0.278 e. The highest BCUT2D eigenvalue weighted by atomic mass is 16.5. The van der Waals surface area contributed by atoms with Gasteiger partial charge in [0.1, 0.15) is 5.52 Å². The Balaban J connectivity index is 2.67. The second-order valence-corrected chi connectivity index (χ2v) is 4.39. The number of fused-ring (bicyclic) bond motifs is 2. The molecule has 9 nitrogen and oxygen atoms in total. The van der Waals surface area contributed by atoms with Crippen LogP contribution in [-0.2, 0) is 0 Å². The number of aromatic amines is 2. The van der Waals surface area contributed by atoms with Crippen molar-refractivity contribution in [3.8, 4) is 17.2 Å². The normalized spacial score (nSPS) is 10.9. The molecule has 22 heavy (non-hydrogen) atoms. The van der Waals surface area contributed by atoms with Crippen LogP contribution in [-0.4, -0.2) is 41.7 Å². The summed E-state index contributed by atoms with van der Waals surface area (Å²) in [4.78, 5) is 27.4. The van der Waals surface area contributed by atoms with Crippen molar-refractivity contribution in [2.24, 2.45) is 0 Å². The Bertz CT molecular complexity index is 992. The van der Waals surface area contributed by atoms with Crippen LogP contribution in [0.3, 0.4) is 0 Å². The third-order valence-electron chi connectivity index (χ3n) is 3.30. The molecule has 3 aromatic rings. The molecule has 0 unspecified atom stereocenters. The first-order chi connectivity index (χ1) is 10.6. The molecule has 0 radical (unpaired) electrons. The fourth-order valence-electron chi connectivity index (χ4n) is 2.31. The molecule has 0 aliphatic carbocycles. The van der Waals surface area contributed by atoms with Crippen molar-refractivity contribution < 1.29 is 14.2 Å². The van der Waals surface area contributed by atoms with Crippen LogP contribution in [0.25, 0.3) is 21.9 Å². The van der Waals surface area contributed by atoms with E-state index in [0.29, 0.717) is 5.75 Å². The van der Waals surface area contributed by atoms with Crippen molar-refractivity contribution in [2.45, 2.75) is 0 Å². The smallest absolute Gasteiger partial charge is 0.278 e. The van der Waals surface area contributed by atoms with Crippen LogP contribution < -0.4 is 25.2 Å². The van der Waals surface area contributed by atoms with Gasteiger partial charge in [-0.1, -0.05) is 5.21 Å². The van der Waals surface area contributed by atoms with Crippen LogP contribution in [0.2, 0.25) is 0 Å². The van der Waals surface area contributed by atoms with Crippen LogP contribution in [0.1, 0.15) is 0 Å². The van der Waals surface area contributed by atoms with E-state index >= 15 is 0 Å². The zero-order valence-corrected chi connectivity index (χ0v) is 12.0. The average molecular weight is 304 g/mol. The number of rotatable bonds is 3. The second-order valence-electron chi connectivity index (χ2n) is 4.39. The number of H-pyrrole nitrogens is 2. The van der Waals surface area contributed by atoms with Gasteiger partial charge in [0.25, 0.3) is 5.56 Å². The Hall–Kier alpha value is -3.10. The molecule has 0 amide bonds. The molecule has 3 rings (SSSR count). The number of methoxy groups -OCH3 is 3. The van der Waals surface area contributed by atoms with Crippen molar-refractivity contribution >= 4 is 21.9 Å². The minimum Gasteiger partial charge on any atom is -0.493 e. The van der Waals surface area contributed by atoms with E-state index in [1.807, 2.05) is 0 Å². The first-order valence-electron chi connectivity index (χ1n) is 6.22. The average Bonchev–Trinajstić information content (AvgIpc) is 2.99. The molecule has 0 atom stereocenters. The molecule has 0 saturated heterocycles. The number of benzene rings is 1. The SMILES string of the molecule is COc1cc2c(=O)c3[nH]nnc3c(=O)[nH]c2c(OC)c1OC. The van der Waals surface area contributed by atoms with Crippen LogP contribution in [0.5, 0.6) is 17.2 Å². The standard InChI is InChI=1S/C13H12N4O5/c1-20-6-4-5-7(12(22-3)11(6)21-2)14-13(19)9-8(10(5)18)15-17-16-9/h4H,1-3H3,(H,14,19)(H,15,16,17). The Morgan fingerprint density at radius 1 is 1.00 bits per heavy atom. The van der Waals surface area contributed by atoms with Gasteiger partial charge in [-0.15, -0.1) is 5.10 Å². The monoisotopic (exact) mass is 304 g/mol. The second kappa shape index (κ2) is 5.02. The molecule has 114 valence electrons. The van der Waals surface area contributed by atoms with Crippen molar-refractivity contribution in [2.75, 3.05) is 21.3 Å². The van der Waals surface area contributed by atoms with E-state index in [1.165, 1.54) is 27.4 Å². The minimum absolute atomic E-state index is 0.00511. The van der Waals surface area contributed by atoms with E-state index < -0.39 is 11.0 Å². The number of nitrogens with one attached hydrogen (secondary N) is 2. The molecule has 0 bridgehead atoms. The largest absolute Gasteiger partial charge is 0.493 e. The maximum atomic E-state index is 12.6. The van der Waals surface area contributed by atoms with E-state index in [9.17, 15) is 9.59 Å². The summed E-state index contributed by atoms with van der Waals surface area (Å²) in [5, 5.41) is 9.75. The minimum atomic E-state index is -0.568. The van der Waals surface area contributed by atoms with Crippen molar-refractivity contribution in [1.29, 1.82) is 0 Å². The van der Waals surface area contributed by atoms with E-state index in [4.69, 9.17) is 14.2 Å². The molecular formula is C13H12N4O5. The third kappa shape index (κ3) is 1.79. The number of nitrogens with zero attached hydrogens (tertiary/aromatic N) is 2. The van der Waals surface area contributed by atoms with Crippen molar-refractivity contribution in [3.63, 3.8) is 0 Å². The third-order valence-corrected chi connectivity index (χ3v) is 3.30. The highest BCUT2D eigenvalue weighted by Gasteiger charge is 2.20. The van der Waals surface area contributed by atoms with Gasteiger partial charge >= 0.3 is 0 Å². The Morgan fingerprint density at radius 2 is 1.73 bits per heavy atom. The van der Waals surface area contributed by atoms with E-state index in [1.54, 1.807) is 0 Å². The lowest BCUT2D eigenvalue weighted by molar-refractivity contribution is 0.327. The molecule has 0 saturated carbocycles. The number of hydrogen-bond donors (Lipinski definition) is 2. The predicted octanol–water partition coefficient (Wildman–Crippen LogP) is 0.185. The number of aromatic nitrogens is 4. The van der Waals surface area contributed by atoms with Crippen LogP contribution in [0, 0.1) is 0 Å². The van der Waals surface area contributed by atoms with Gasteiger partial charge in [0.05, 0.1) is 32.2 Å². The van der Waals surface area contributed by atoms with Crippen LogP contribution in [0.15, 0.2) is 15.7 Å². The highest BCUT2D eigenvalue weighted by Crippen LogP contribution is 2.41. The topological polar surface area (TPSA) is 119 Å². The molecule has 0 fully saturated rings. The lowest BCUT2D eigenvalue weighted by atomic mass is 10.2. The number of hydrogen-bond acceptors (Lipinski definition) is 7. The zero-order valence-electron chi connectivity index (χ0n) is 12.0. The van der Waals surface area contributed by atoms with Crippen molar-refractivity contribution in [3.05, 3.63) is 26.6 Å². The summed E-state index contributed by atoms with van der Waals surface area (Å²) in [6, 6.07) is 1.47. The quantitative estimate of drug-likeness (QED) is 0.708. The molecule has 0 aliphatic rings. The highest BCUT2D eigenvalue weighted by molar-refractivity contribution is 5.93. The molecule has 0 aliphatic heterocycles. The summed E-state index contributed by atoms with van der Waals surface area (Å²) in [6.07, 6.45) is 0. The Labute approximate surface area is 122 Å². The van der Waals surface area contributed by atoms with E-state index in [-0.39, 0.29) is 33.4 Å². The van der Waals surface area contributed by atoms with Gasteiger partial charge in [-0.3, -0.25) is 14.7 Å². The maximum absolute atomic E-state index is 12.6. The molecule has 9 heteroatoms. The van der Waals surface area contributed by atoms with Gasteiger partial charge in [-0.2, -0.15) is 0 Å². The molecular weight excluding hydrogens is 292 g/mol. The molecule has 2 aromatic heterocycles. The van der Waals surface area contributed by atoms with Gasteiger partial charge < -0.3 is 19.2 Å². The molecule has 2 N–H and O–H groups in total. The van der Waals surface area contributed by atoms with Crippen LogP contribution in [0.4, 0.5) is 0 Å². The van der Waals surface area contributed by atoms with Crippen molar-refractivity contribution in [1.82, 2.24) is 20.4 Å². The van der Waals surface area contributed by atoms with Crippen LogP contribution >= 0.6 is 0 Å². The van der Waals surface area contributed by atoms with E-state index in [0.717, 1.165) is 0 Å². The van der Waals surface area contributed by atoms with Gasteiger partial charge in [-0.05, 0) is 6.07 Å². The Morgan fingerprint density at radius 3 is 2.36 bits per heavy atom. The fraction of sp³-hybridized carbons (Fsp3) is 0.231.